The van der Waals surface area contributed by atoms with Gasteiger partial charge in [0, 0.05) is 22.5 Å². The molecule has 0 spiro atoms. The normalized spacial score (nSPS) is 20.8. The highest BCUT2D eigenvalue weighted by atomic mass is 79.9. The first-order valence-corrected chi connectivity index (χ1v) is 7.77. The second kappa shape index (κ2) is 5.78. The lowest BCUT2D eigenvalue weighted by molar-refractivity contribution is 0.153. The molecule has 2 nitrogen and oxygen atoms in total. The summed E-state index contributed by atoms with van der Waals surface area (Å²) in [7, 11) is 1.94. The summed E-state index contributed by atoms with van der Waals surface area (Å²) in [4.78, 5) is 0. The van der Waals surface area contributed by atoms with Gasteiger partial charge in [-0.05, 0) is 49.4 Å². The highest BCUT2D eigenvalue weighted by Crippen LogP contribution is 2.42. The zero-order valence-electron chi connectivity index (χ0n) is 12.0. The highest BCUT2D eigenvalue weighted by molar-refractivity contribution is 9.10. The van der Waals surface area contributed by atoms with E-state index in [-0.39, 0.29) is 18.0 Å². The van der Waals surface area contributed by atoms with Crippen molar-refractivity contribution in [3.05, 3.63) is 63.4 Å². The van der Waals surface area contributed by atoms with Crippen molar-refractivity contribution in [2.24, 2.45) is 0 Å². The fraction of sp³-hybridized carbons (Fsp3) is 0.294. The zero-order valence-corrected chi connectivity index (χ0v) is 13.6. The van der Waals surface area contributed by atoms with Crippen LogP contribution < -0.4 is 10.1 Å². The van der Waals surface area contributed by atoms with Crippen molar-refractivity contribution in [3.8, 4) is 5.75 Å². The SMILES string of the molecule is CNC1CC(c2cc(F)ccc2C)Oc2cc(Br)ccc21. The molecule has 1 aliphatic heterocycles. The van der Waals surface area contributed by atoms with Gasteiger partial charge in [0.15, 0.2) is 0 Å². The summed E-state index contributed by atoms with van der Waals surface area (Å²) in [6.07, 6.45) is 0.648. The number of aryl methyl sites for hydroxylation is 1. The van der Waals surface area contributed by atoms with Gasteiger partial charge in [-0.25, -0.2) is 4.39 Å². The summed E-state index contributed by atoms with van der Waals surface area (Å²) in [6, 6.07) is 11.1. The third-order valence-electron chi connectivity index (χ3n) is 4.01. The van der Waals surface area contributed by atoms with Gasteiger partial charge in [0.1, 0.15) is 17.7 Å². The molecule has 2 unspecified atom stereocenters. The molecule has 0 aromatic heterocycles. The van der Waals surface area contributed by atoms with Crippen LogP contribution in [0.25, 0.3) is 0 Å². The fourth-order valence-electron chi connectivity index (χ4n) is 2.86. The van der Waals surface area contributed by atoms with Crippen molar-refractivity contribution in [3.63, 3.8) is 0 Å². The molecule has 21 heavy (non-hydrogen) atoms. The van der Waals surface area contributed by atoms with Crippen LogP contribution in [0, 0.1) is 12.7 Å². The third-order valence-corrected chi connectivity index (χ3v) is 4.50. The summed E-state index contributed by atoms with van der Waals surface area (Å²) in [5, 5.41) is 3.32. The molecule has 4 heteroatoms. The van der Waals surface area contributed by atoms with Crippen LogP contribution in [0.1, 0.15) is 35.3 Å². The maximum absolute atomic E-state index is 13.6. The van der Waals surface area contributed by atoms with Crippen LogP contribution >= 0.6 is 15.9 Å². The third kappa shape index (κ3) is 2.83. The van der Waals surface area contributed by atoms with Gasteiger partial charge in [0.2, 0.25) is 0 Å². The minimum absolute atomic E-state index is 0.139. The van der Waals surface area contributed by atoms with Crippen molar-refractivity contribution >= 4 is 15.9 Å². The maximum Gasteiger partial charge on any atom is 0.126 e. The Labute approximate surface area is 132 Å². The van der Waals surface area contributed by atoms with Crippen molar-refractivity contribution in [2.75, 3.05) is 7.05 Å². The van der Waals surface area contributed by atoms with Crippen LogP contribution in [0.4, 0.5) is 4.39 Å². The summed E-state index contributed by atoms with van der Waals surface area (Å²) in [6.45, 7) is 1.99. The van der Waals surface area contributed by atoms with E-state index in [1.165, 1.54) is 6.07 Å². The molecule has 1 N–H and O–H groups in total. The number of nitrogens with one attached hydrogen (secondary N) is 1. The number of fused-ring (bicyclic) bond motifs is 1. The molecular weight excluding hydrogens is 333 g/mol. The molecule has 110 valence electrons. The van der Waals surface area contributed by atoms with E-state index in [2.05, 4.69) is 27.3 Å². The van der Waals surface area contributed by atoms with Crippen molar-refractivity contribution in [2.45, 2.75) is 25.5 Å². The summed E-state index contributed by atoms with van der Waals surface area (Å²) < 4.78 is 20.7. The van der Waals surface area contributed by atoms with Crippen LogP contribution in [0.5, 0.6) is 5.75 Å². The first-order chi connectivity index (χ1) is 10.1. The van der Waals surface area contributed by atoms with Crippen LogP contribution in [0.3, 0.4) is 0 Å². The second-order valence-corrected chi connectivity index (χ2v) is 6.28. The average molecular weight is 350 g/mol. The van der Waals surface area contributed by atoms with E-state index >= 15 is 0 Å². The molecule has 3 rings (SSSR count). The molecule has 0 saturated heterocycles. The molecule has 0 fully saturated rings. The van der Waals surface area contributed by atoms with E-state index in [4.69, 9.17) is 4.74 Å². The largest absolute Gasteiger partial charge is 0.485 e. The number of hydrogen-bond acceptors (Lipinski definition) is 2. The Hall–Kier alpha value is -1.39. The highest BCUT2D eigenvalue weighted by Gasteiger charge is 2.29. The van der Waals surface area contributed by atoms with E-state index < -0.39 is 0 Å². The lowest BCUT2D eigenvalue weighted by atomic mass is 9.91. The van der Waals surface area contributed by atoms with E-state index in [1.807, 2.05) is 26.1 Å². The van der Waals surface area contributed by atoms with E-state index in [0.717, 1.165) is 33.3 Å². The first-order valence-electron chi connectivity index (χ1n) is 6.98. The average Bonchev–Trinajstić information content (AvgIpc) is 2.48. The van der Waals surface area contributed by atoms with Gasteiger partial charge in [-0.3, -0.25) is 0 Å². The fourth-order valence-corrected chi connectivity index (χ4v) is 3.20. The number of rotatable bonds is 2. The van der Waals surface area contributed by atoms with Crippen molar-refractivity contribution in [1.82, 2.24) is 5.32 Å². The molecule has 0 aliphatic carbocycles. The Bertz CT molecular complexity index is 674. The molecule has 2 aromatic carbocycles. The molecule has 0 amide bonds. The van der Waals surface area contributed by atoms with Crippen LogP contribution in [0.2, 0.25) is 0 Å². The van der Waals surface area contributed by atoms with E-state index in [9.17, 15) is 4.39 Å². The molecule has 0 radical (unpaired) electrons. The van der Waals surface area contributed by atoms with Crippen LogP contribution in [-0.2, 0) is 0 Å². The molecule has 2 atom stereocenters. The predicted molar refractivity (Wildman–Crippen MR) is 85.1 cm³/mol. The monoisotopic (exact) mass is 349 g/mol. The molecule has 1 heterocycles. The van der Waals surface area contributed by atoms with E-state index in [0.29, 0.717) is 0 Å². The van der Waals surface area contributed by atoms with Gasteiger partial charge in [-0.15, -0.1) is 0 Å². The van der Waals surface area contributed by atoms with Crippen molar-refractivity contribution in [1.29, 1.82) is 0 Å². The minimum atomic E-state index is -0.222. The predicted octanol–water partition coefficient (Wildman–Crippen LogP) is 4.68. The van der Waals surface area contributed by atoms with E-state index in [1.54, 1.807) is 12.1 Å². The number of hydrogen-bond donors (Lipinski definition) is 1. The van der Waals surface area contributed by atoms with Gasteiger partial charge in [-0.1, -0.05) is 28.1 Å². The summed E-state index contributed by atoms with van der Waals surface area (Å²) in [5.74, 6) is 0.629. The molecule has 0 saturated carbocycles. The molecule has 0 bridgehead atoms. The van der Waals surface area contributed by atoms with Crippen molar-refractivity contribution < 1.29 is 9.13 Å². The quantitative estimate of drug-likeness (QED) is 0.849. The Balaban J connectivity index is 2.01. The number of benzene rings is 2. The molecular formula is C17H17BrFNO. The van der Waals surface area contributed by atoms with Gasteiger partial charge in [0.05, 0.1) is 0 Å². The smallest absolute Gasteiger partial charge is 0.126 e. The minimum Gasteiger partial charge on any atom is -0.485 e. The Morgan fingerprint density at radius 1 is 1.19 bits per heavy atom. The van der Waals surface area contributed by atoms with Gasteiger partial charge in [0.25, 0.3) is 0 Å². The maximum atomic E-state index is 13.6. The van der Waals surface area contributed by atoms with Gasteiger partial charge >= 0.3 is 0 Å². The van der Waals surface area contributed by atoms with Gasteiger partial charge in [-0.2, -0.15) is 0 Å². The lowest BCUT2D eigenvalue weighted by Gasteiger charge is -2.33. The lowest BCUT2D eigenvalue weighted by Crippen LogP contribution is -2.27. The molecule has 1 aliphatic rings. The Kier molecular flexibility index (Phi) is 4.00. The van der Waals surface area contributed by atoms with Crippen LogP contribution in [0.15, 0.2) is 40.9 Å². The van der Waals surface area contributed by atoms with Crippen LogP contribution in [-0.4, -0.2) is 7.05 Å². The second-order valence-electron chi connectivity index (χ2n) is 5.37. The standard InChI is InChI=1S/C17H17BrFNO/c1-10-3-5-12(19)8-14(10)17-9-15(20-2)13-6-4-11(18)7-16(13)21-17/h3-8,15,17,20H,9H2,1-2H3. The summed E-state index contributed by atoms with van der Waals surface area (Å²) >= 11 is 3.47. The summed E-state index contributed by atoms with van der Waals surface area (Å²) in [5.41, 5.74) is 3.11. The Morgan fingerprint density at radius 2 is 2.00 bits per heavy atom. The van der Waals surface area contributed by atoms with Gasteiger partial charge < -0.3 is 10.1 Å². The topological polar surface area (TPSA) is 21.3 Å². The zero-order chi connectivity index (χ0) is 15.0. The number of ether oxygens (including phenoxy) is 1. The molecule has 2 aromatic rings. The Morgan fingerprint density at radius 3 is 2.76 bits per heavy atom. The first kappa shape index (κ1) is 14.5. The number of halogens is 2.